The van der Waals surface area contributed by atoms with E-state index in [0.717, 1.165) is 17.4 Å². The van der Waals surface area contributed by atoms with Gasteiger partial charge in [-0.3, -0.25) is 4.79 Å². The van der Waals surface area contributed by atoms with E-state index in [0.29, 0.717) is 28.0 Å². The van der Waals surface area contributed by atoms with Gasteiger partial charge in [-0.25, -0.2) is 10.5 Å². The summed E-state index contributed by atoms with van der Waals surface area (Å²) >= 11 is 1.41. The van der Waals surface area contributed by atoms with Gasteiger partial charge in [0.15, 0.2) is 5.75 Å². The molecule has 39 heavy (non-hydrogen) atoms. The molecule has 5 N–H and O–H groups in total. The van der Waals surface area contributed by atoms with Crippen molar-refractivity contribution in [2.45, 2.75) is 32.6 Å². The Morgan fingerprint density at radius 1 is 0.923 bits per heavy atom. The van der Waals surface area contributed by atoms with Gasteiger partial charge in [-0.1, -0.05) is 75.2 Å². The number of rotatable bonds is 8. The minimum absolute atomic E-state index is 0. The molecule has 3 rings (SSSR count). The average molecular weight is 660 g/mol. The van der Waals surface area contributed by atoms with E-state index in [1.165, 1.54) is 7.05 Å². The Morgan fingerprint density at radius 2 is 1.49 bits per heavy atom. The number of hydrogen-bond acceptors (Lipinski definition) is 12. The topological polar surface area (TPSA) is 154 Å². The smallest absolute Gasteiger partial charge is 0.232 e. The van der Waals surface area contributed by atoms with Crippen molar-refractivity contribution in [3.8, 4) is 5.75 Å². The third kappa shape index (κ3) is 18.4. The maximum atomic E-state index is 10.5. The first-order chi connectivity index (χ1) is 18.5. The number of nitrogens with one attached hydrogen (secondary N) is 2. The second-order valence-electron chi connectivity index (χ2n) is 6.06. The van der Waals surface area contributed by atoms with Gasteiger partial charge in [0.25, 0.3) is 0 Å². The molecule has 0 aromatic heterocycles. The summed E-state index contributed by atoms with van der Waals surface area (Å²) in [6.07, 6.45) is 0. The molecule has 0 fully saturated rings. The molecule has 0 heterocycles. The summed E-state index contributed by atoms with van der Waals surface area (Å²) in [6.45, 7) is 8.00. The number of benzene rings is 3. The van der Waals surface area contributed by atoms with Crippen molar-refractivity contribution in [3.05, 3.63) is 60.7 Å². The van der Waals surface area contributed by atoms with Crippen molar-refractivity contribution >= 4 is 52.1 Å². The second-order valence-corrected chi connectivity index (χ2v) is 7.48. The Balaban J connectivity index is -0.000000683. The SMILES string of the molecule is CC.CC.CNC.CNC(=O)CSOO.OOOSc1cc2ccccc2c(O)c1N=Nc1ccccc1.[Y]. The number of carbonyl (C=O) groups excluding carboxylic acids is 1. The van der Waals surface area contributed by atoms with E-state index in [4.69, 9.17) is 10.5 Å². The van der Waals surface area contributed by atoms with Crippen molar-refractivity contribution in [3.63, 3.8) is 0 Å². The third-order valence-corrected chi connectivity index (χ3v) is 4.76. The number of fused-ring (bicyclic) bond motifs is 1. The maximum absolute atomic E-state index is 10.5. The van der Waals surface area contributed by atoms with E-state index in [9.17, 15) is 9.90 Å². The van der Waals surface area contributed by atoms with Crippen molar-refractivity contribution in [2.24, 2.45) is 10.2 Å². The van der Waals surface area contributed by atoms with E-state index in [1.54, 1.807) is 24.3 Å². The number of azo groups is 1. The quantitative estimate of drug-likeness (QED) is 0.0729. The zero-order valence-electron chi connectivity index (χ0n) is 23.2. The summed E-state index contributed by atoms with van der Waals surface area (Å²) < 4.78 is 8.05. The van der Waals surface area contributed by atoms with Crippen molar-refractivity contribution in [1.82, 2.24) is 10.6 Å². The first-order valence-corrected chi connectivity index (χ1v) is 13.3. The number of hydrogen-bond donors (Lipinski definition) is 5. The fraction of sp³-hybridized carbons (Fsp3) is 0.320. The molecule has 1 radical (unpaired) electrons. The number of aromatic hydroxyl groups is 1. The summed E-state index contributed by atoms with van der Waals surface area (Å²) in [5.41, 5.74) is 0.880. The fourth-order valence-electron chi connectivity index (χ4n) is 2.26. The standard InChI is InChI=1S/C16H12N2O4S.C3H7NO3S.C2H7N.2C2H6.Y/c19-16-13-9-5-4-6-11(13)10-14(23-22-21-20)15(16)18-17-12-7-2-1-3-8-12;1-4-3(5)2-8-7-6;1-3-2;2*1-2;/h1-10,19-20H;6H,2H2,1H3,(H,4,5);3H,1-2H3;2*1-2H3;. The molecule has 0 bridgehead atoms. The Hall–Kier alpha value is -1.65. The molecule has 0 unspecified atom stereocenters. The minimum atomic E-state index is -0.177. The van der Waals surface area contributed by atoms with Crippen LogP contribution in [0.5, 0.6) is 5.75 Å². The van der Waals surface area contributed by atoms with Crippen LogP contribution in [0, 0.1) is 0 Å². The molecule has 215 valence electrons. The monoisotopic (exact) mass is 659 g/mol. The van der Waals surface area contributed by atoms with Crippen LogP contribution in [0.25, 0.3) is 10.8 Å². The molecular weight excluding hydrogens is 621 g/mol. The average Bonchev–Trinajstić information content (AvgIpc) is 2.98. The molecular formula is C25H38N4O7S2Y. The van der Waals surface area contributed by atoms with Gasteiger partial charge in [-0.15, -0.1) is 9.45 Å². The van der Waals surface area contributed by atoms with E-state index in [1.807, 2.05) is 78.2 Å². The van der Waals surface area contributed by atoms with E-state index >= 15 is 0 Å². The van der Waals surface area contributed by atoms with Gasteiger partial charge in [0, 0.05) is 57.2 Å². The minimum Gasteiger partial charge on any atom is -0.505 e. The number of nitrogens with zero attached hydrogens (tertiary/aromatic N) is 2. The van der Waals surface area contributed by atoms with Crippen molar-refractivity contribution in [2.75, 3.05) is 26.9 Å². The maximum Gasteiger partial charge on any atom is 0.232 e. The van der Waals surface area contributed by atoms with Crippen molar-refractivity contribution < 1.29 is 66.8 Å². The first-order valence-electron chi connectivity index (χ1n) is 11.6. The van der Waals surface area contributed by atoms with Gasteiger partial charge in [-0.2, -0.15) is 9.45 Å². The predicted molar refractivity (Wildman–Crippen MR) is 155 cm³/mol. The molecule has 1 amide bonds. The molecule has 0 spiro atoms. The molecule has 0 aliphatic carbocycles. The van der Waals surface area contributed by atoms with Crippen LogP contribution in [0.4, 0.5) is 11.4 Å². The van der Waals surface area contributed by atoms with Gasteiger partial charge in [0.2, 0.25) is 5.91 Å². The van der Waals surface area contributed by atoms with Crippen LogP contribution in [0.3, 0.4) is 0 Å². The van der Waals surface area contributed by atoms with Crippen molar-refractivity contribution in [1.29, 1.82) is 0 Å². The third-order valence-electron chi connectivity index (χ3n) is 3.66. The summed E-state index contributed by atoms with van der Waals surface area (Å²) in [4.78, 5) is 10.7. The molecule has 11 nitrogen and oxygen atoms in total. The van der Waals surface area contributed by atoms with Crippen LogP contribution >= 0.6 is 24.1 Å². The van der Waals surface area contributed by atoms with Gasteiger partial charge in [0.05, 0.1) is 22.6 Å². The first kappa shape index (κ1) is 41.8. The molecule has 0 saturated carbocycles. The van der Waals surface area contributed by atoms with Crippen LogP contribution in [0.1, 0.15) is 27.7 Å². The van der Waals surface area contributed by atoms with E-state index in [-0.39, 0.29) is 55.8 Å². The van der Waals surface area contributed by atoms with E-state index in [2.05, 4.69) is 34.6 Å². The molecule has 3 aromatic rings. The summed E-state index contributed by atoms with van der Waals surface area (Å²) in [6, 6.07) is 18.2. The van der Waals surface area contributed by atoms with Crippen LogP contribution in [-0.4, -0.2) is 48.4 Å². The Bertz CT molecular complexity index is 1040. The molecule has 0 aliphatic rings. The summed E-state index contributed by atoms with van der Waals surface area (Å²) in [5.74, 6) is -0.0802. The van der Waals surface area contributed by atoms with Gasteiger partial charge in [0.1, 0.15) is 11.4 Å². The van der Waals surface area contributed by atoms with Gasteiger partial charge < -0.3 is 15.7 Å². The van der Waals surface area contributed by atoms with Crippen LogP contribution in [0.15, 0.2) is 75.8 Å². The number of phenols is 1. The van der Waals surface area contributed by atoms with E-state index < -0.39 is 0 Å². The predicted octanol–water partition coefficient (Wildman–Crippen LogP) is 7.14. The zero-order chi connectivity index (χ0) is 29.2. The zero-order valence-corrected chi connectivity index (χ0v) is 27.7. The van der Waals surface area contributed by atoms with Crippen LogP contribution in [-0.2, 0) is 51.2 Å². The van der Waals surface area contributed by atoms with Crippen LogP contribution in [0.2, 0.25) is 0 Å². The summed E-state index contributed by atoms with van der Waals surface area (Å²) in [7, 11) is 5.26. The molecule has 0 atom stereocenters. The Kier molecular flexibility index (Phi) is 31.5. The largest absolute Gasteiger partial charge is 0.505 e. The van der Waals surface area contributed by atoms with Crippen LogP contribution < -0.4 is 10.6 Å². The Labute approximate surface area is 264 Å². The molecule has 3 aromatic carbocycles. The normalized spacial score (nSPS) is 9.26. The Morgan fingerprint density at radius 3 is 2.03 bits per heavy atom. The molecule has 14 heteroatoms. The van der Waals surface area contributed by atoms with Gasteiger partial charge in [-0.05, 0) is 37.7 Å². The second kappa shape index (κ2) is 29.3. The number of phenolic OH excluding ortho intramolecular Hbond substituents is 1. The summed E-state index contributed by atoms with van der Waals surface area (Å²) in [5, 5.41) is 44.9. The fourth-order valence-corrected chi connectivity index (χ4v) is 3.06. The molecule has 0 saturated heterocycles. The number of carbonyl (C=O) groups is 1. The number of amides is 1. The molecule has 0 aliphatic heterocycles. The van der Waals surface area contributed by atoms with Gasteiger partial charge >= 0.3 is 0 Å².